The highest BCUT2D eigenvalue weighted by Crippen LogP contribution is 2.27. The van der Waals surface area contributed by atoms with Gasteiger partial charge in [-0.3, -0.25) is 14.5 Å². The van der Waals surface area contributed by atoms with Crippen LogP contribution in [-0.2, 0) is 6.54 Å². The summed E-state index contributed by atoms with van der Waals surface area (Å²) in [6.45, 7) is 0.156. The summed E-state index contributed by atoms with van der Waals surface area (Å²) in [5, 5.41) is 2.58. The molecule has 1 aliphatic heterocycles. The molecule has 0 aliphatic carbocycles. The van der Waals surface area contributed by atoms with E-state index in [0.717, 1.165) is 16.0 Å². The fraction of sp³-hybridized carbons (Fsp3) is 0.0526. The molecule has 2 aromatic heterocycles. The van der Waals surface area contributed by atoms with Gasteiger partial charge in [0.15, 0.2) is 10.8 Å². The molecule has 0 atom stereocenters. The van der Waals surface area contributed by atoms with E-state index in [4.69, 9.17) is 0 Å². The van der Waals surface area contributed by atoms with Gasteiger partial charge in [0.25, 0.3) is 11.8 Å². The van der Waals surface area contributed by atoms with Crippen molar-refractivity contribution in [2.45, 2.75) is 6.54 Å². The van der Waals surface area contributed by atoms with Crippen LogP contribution in [0.1, 0.15) is 26.4 Å². The standard InChI is InChI=1S/C19H12N4O2S/c24-18-12-5-1-2-6-13(12)19(25)23(18)9-11-10-26-17(20-11)16-21-14-7-3-4-8-15(14)22-16/h1-8,10H,9H2,(H,21,22). The highest BCUT2D eigenvalue weighted by Gasteiger charge is 2.35. The van der Waals surface area contributed by atoms with Crippen molar-refractivity contribution in [2.75, 3.05) is 0 Å². The van der Waals surface area contributed by atoms with E-state index in [-0.39, 0.29) is 18.4 Å². The second kappa shape index (κ2) is 5.60. The third-order valence-corrected chi connectivity index (χ3v) is 5.24. The van der Waals surface area contributed by atoms with Crippen LogP contribution in [0.2, 0.25) is 0 Å². The maximum Gasteiger partial charge on any atom is 0.261 e. The topological polar surface area (TPSA) is 79.0 Å². The van der Waals surface area contributed by atoms with E-state index in [1.54, 1.807) is 24.3 Å². The molecular weight excluding hydrogens is 348 g/mol. The van der Waals surface area contributed by atoms with Crippen LogP contribution in [0, 0.1) is 0 Å². The van der Waals surface area contributed by atoms with Crippen LogP contribution < -0.4 is 0 Å². The molecule has 0 fully saturated rings. The quantitative estimate of drug-likeness (QED) is 0.567. The number of nitrogens with zero attached hydrogens (tertiary/aromatic N) is 3. The van der Waals surface area contributed by atoms with Gasteiger partial charge in [0.2, 0.25) is 0 Å². The van der Waals surface area contributed by atoms with Crippen molar-refractivity contribution in [2.24, 2.45) is 0 Å². The fourth-order valence-corrected chi connectivity index (χ4v) is 3.84. The van der Waals surface area contributed by atoms with Gasteiger partial charge in [0.1, 0.15) is 0 Å². The van der Waals surface area contributed by atoms with E-state index in [9.17, 15) is 9.59 Å². The lowest BCUT2D eigenvalue weighted by Gasteiger charge is -2.11. The number of para-hydroxylation sites is 2. The lowest BCUT2D eigenvalue weighted by molar-refractivity contribution is 0.0640. The smallest absolute Gasteiger partial charge is 0.261 e. The van der Waals surface area contributed by atoms with Gasteiger partial charge in [-0.2, -0.15) is 0 Å². The van der Waals surface area contributed by atoms with Crippen LogP contribution in [0.3, 0.4) is 0 Å². The number of hydrogen-bond acceptors (Lipinski definition) is 5. The van der Waals surface area contributed by atoms with Crippen LogP contribution in [0.15, 0.2) is 53.9 Å². The summed E-state index contributed by atoms with van der Waals surface area (Å²) >= 11 is 1.43. The Morgan fingerprint density at radius 3 is 2.35 bits per heavy atom. The van der Waals surface area contributed by atoms with Crippen molar-refractivity contribution >= 4 is 34.2 Å². The summed E-state index contributed by atoms with van der Waals surface area (Å²) in [4.78, 5) is 38.5. The second-order valence-electron chi connectivity index (χ2n) is 5.99. The third-order valence-electron chi connectivity index (χ3n) is 4.34. The number of nitrogens with one attached hydrogen (secondary N) is 1. The second-order valence-corrected chi connectivity index (χ2v) is 6.85. The number of rotatable bonds is 3. The van der Waals surface area contributed by atoms with E-state index in [1.165, 1.54) is 16.2 Å². The summed E-state index contributed by atoms with van der Waals surface area (Å²) in [6.07, 6.45) is 0. The van der Waals surface area contributed by atoms with E-state index in [1.807, 2.05) is 29.6 Å². The maximum atomic E-state index is 12.5. The number of carbonyl (C=O) groups is 2. The van der Waals surface area contributed by atoms with E-state index < -0.39 is 0 Å². The molecule has 0 bridgehead atoms. The van der Waals surface area contributed by atoms with Gasteiger partial charge >= 0.3 is 0 Å². The molecule has 0 unspecified atom stereocenters. The first-order valence-electron chi connectivity index (χ1n) is 8.05. The van der Waals surface area contributed by atoms with Crippen LogP contribution in [0.25, 0.3) is 21.9 Å². The Bertz CT molecular complexity index is 1110. The minimum atomic E-state index is -0.274. The Labute approximate surface area is 152 Å². The molecule has 126 valence electrons. The van der Waals surface area contributed by atoms with Crippen molar-refractivity contribution in [3.05, 3.63) is 70.7 Å². The number of amides is 2. The lowest BCUT2D eigenvalue weighted by Crippen LogP contribution is -2.29. The average molecular weight is 360 g/mol. The average Bonchev–Trinajstić information content (AvgIpc) is 3.36. The summed E-state index contributed by atoms with van der Waals surface area (Å²) < 4.78 is 0. The predicted molar refractivity (Wildman–Crippen MR) is 97.8 cm³/mol. The molecule has 0 spiro atoms. The SMILES string of the molecule is O=C1c2ccccc2C(=O)N1Cc1csc(-c2nc3ccccc3[nH]2)n1. The van der Waals surface area contributed by atoms with Gasteiger partial charge in [-0.1, -0.05) is 24.3 Å². The van der Waals surface area contributed by atoms with Gasteiger partial charge in [0.05, 0.1) is 34.4 Å². The van der Waals surface area contributed by atoms with Crippen LogP contribution >= 0.6 is 11.3 Å². The number of thiazole rings is 1. The molecule has 3 heterocycles. The first-order chi connectivity index (χ1) is 12.7. The summed E-state index contributed by atoms with van der Waals surface area (Å²) in [7, 11) is 0. The van der Waals surface area contributed by atoms with Crippen molar-refractivity contribution in [1.29, 1.82) is 0 Å². The Hall–Kier alpha value is -3.32. The predicted octanol–water partition coefficient (Wildman–Crippen LogP) is 3.48. The minimum absolute atomic E-state index is 0.156. The Morgan fingerprint density at radius 1 is 0.923 bits per heavy atom. The molecular formula is C19H12N4O2S. The Kier molecular flexibility index (Phi) is 3.23. The van der Waals surface area contributed by atoms with Crippen LogP contribution in [0.5, 0.6) is 0 Å². The van der Waals surface area contributed by atoms with Crippen molar-refractivity contribution in [3.8, 4) is 10.8 Å². The summed E-state index contributed by atoms with van der Waals surface area (Å²) in [5.41, 5.74) is 3.38. The molecule has 4 aromatic rings. The van der Waals surface area contributed by atoms with Gasteiger partial charge in [-0.25, -0.2) is 9.97 Å². The number of fused-ring (bicyclic) bond motifs is 2. The first-order valence-corrected chi connectivity index (χ1v) is 8.93. The Morgan fingerprint density at radius 2 is 1.62 bits per heavy atom. The number of aromatic nitrogens is 3. The van der Waals surface area contributed by atoms with Gasteiger partial charge in [0, 0.05) is 5.38 Å². The van der Waals surface area contributed by atoms with Gasteiger partial charge in [-0.05, 0) is 24.3 Å². The monoisotopic (exact) mass is 360 g/mol. The molecule has 7 heteroatoms. The van der Waals surface area contributed by atoms with Crippen molar-refractivity contribution < 1.29 is 9.59 Å². The molecule has 1 aliphatic rings. The number of H-pyrrole nitrogens is 1. The molecule has 1 N–H and O–H groups in total. The van der Waals surface area contributed by atoms with Gasteiger partial charge in [-0.15, -0.1) is 11.3 Å². The minimum Gasteiger partial charge on any atom is -0.336 e. The first kappa shape index (κ1) is 15.0. The molecule has 0 radical (unpaired) electrons. The number of benzene rings is 2. The zero-order valence-electron chi connectivity index (χ0n) is 13.5. The zero-order valence-corrected chi connectivity index (χ0v) is 14.3. The van der Waals surface area contributed by atoms with Crippen LogP contribution in [0.4, 0.5) is 0 Å². The lowest BCUT2D eigenvalue weighted by atomic mass is 10.1. The highest BCUT2D eigenvalue weighted by molar-refractivity contribution is 7.13. The highest BCUT2D eigenvalue weighted by atomic mass is 32.1. The van der Waals surface area contributed by atoms with E-state index in [2.05, 4.69) is 15.0 Å². The zero-order chi connectivity index (χ0) is 17.7. The number of imide groups is 1. The maximum absolute atomic E-state index is 12.5. The number of aromatic amines is 1. The molecule has 0 saturated carbocycles. The summed E-state index contributed by atoms with van der Waals surface area (Å²) in [6, 6.07) is 14.6. The van der Waals surface area contributed by atoms with E-state index in [0.29, 0.717) is 22.6 Å². The molecule has 2 amide bonds. The molecule has 2 aromatic carbocycles. The molecule has 0 saturated heterocycles. The molecule has 26 heavy (non-hydrogen) atoms. The number of imidazole rings is 1. The fourth-order valence-electron chi connectivity index (χ4n) is 3.09. The van der Waals surface area contributed by atoms with Crippen LogP contribution in [-0.4, -0.2) is 31.7 Å². The largest absolute Gasteiger partial charge is 0.336 e. The van der Waals surface area contributed by atoms with Crippen molar-refractivity contribution in [1.82, 2.24) is 19.9 Å². The Balaban J connectivity index is 1.43. The number of hydrogen-bond donors (Lipinski definition) is 1. The van der Waals surface area contributed by atoms with Crippen molar-refractivity contribution in [3.63, 3.8) is 0 Å². The molecule has 6 nitrogen and oxygen atoms in total. The normalized spacial score (nSPS) is 13.6. The number of carbonyl (C=O) groups excluding carboxylic acids is 2. The third kappa shape index (κ3) is 2.25. The van der Waals surface area contributed by atoms with Gasteiger partial charge < -0.3 is 4.98 Å². The summed E-state index contributed by atoms with van der Waals surface area (Å²) in [5.74, 6) is 0.137. The molecule has 5 rings (SSSR count). The van der Waals surface area contributed by atoms with E-state index >= 15 is 0 Å².